The number of nitriles is 1. The van der Waals surface area contributed by atoms with E-state index in [2.05, 4.69) is 16.2 Å². The van der Waals surface area contributed by atoms with Crippen LogP contribution in [0.2, 0.25) is 5.02 Å². The maximum atomic E-state index is 8.98. The Kier molecular flexibility index (Phi) is 2.63. The number of hydrogen-bond acceptors (Lipinski definition) is 3. The molecule has 2 aromatic heterocycles. The summed E-state index contributed by atoms with van der Waals surface area (Å²) in [5.74, 6) is 0.512. The van der Waals surface area contributed by atoms with Crippen molar-refractivity contribution >= 4 is 11.6 Å². The van der Waals surface area contributed by atoms with Crippen molar-refractivity contribution in [2.45, 2.75) is 13.8 Å². The monoisotopic (exact) mass is 232 g/mol. The first-order valence-corrected chi connectivity index (χ1v) is 5.09. The summed E-state index contributed by atoms with van der Waals surface area (Å²) in [7, 11) is 0. The molecule has 0 radical (unpaired) electrons. The van der Waals surface area contributed by atoms with E-state index in [0.717, 1.165) is 5.69 Å². The van der Waals surface area contributed by atoms with Crippen LogP contribution in [0.15, 0.2) is 18.3 Å². The molecule has 0 amide bonds. The van der Waals surface area contributed by atoms with Crippen LogP contribution >= 0.6 is 11.6 Å². The summed E-state index contributed by atoms with van der Waals surface area (Å²) in [6.07, 6.45) is 1.65. The lowest BCUT2D eigenvalue weighted by molar-refractivity contribution is 0.823. The fraction of sp³-hybridized carbons (Fsp3) is 0.182. The van der Waals surface area contributed by atoms with E-state index >= 15 is 0 Å². The number of nitrogens with zero attached hydrogens (tertiary/aromatic N) is 4. The molecule has 0 N–H and O–H groups in total. The number of aromatic nitrogens is 3. The van der Waals surface area contributed by atoms with Gasteiger partial charge in [-0.3, -0.25) is 0 Å². The van der Waals surface area contributed by atoms with Crippen molar-refractivity contribution in [3.05, 3.63) is 40.3 Å². The molecule has 0 atom stereocenters. The second-order valence-corrected chi connectivity index (χ2v) is 3.85. The lowest BCUT2D eigenvalue weighted by Gasteiger charge is -2.03. The first kappa shape index (κ1) is 10.7. The van der Waals surface area contributed by atoms with E-state index in [1.165, 1.54) is 4.68 Å². The first-order valence-electron chi connectivity index (χ1n) is 4.71. The van der Waals surface area contributed by atoms with Gasteiger partial charge in [0.25, 0.3) is 0 Å². The zero-order valence-corrected chi connectivity index (χ0v) is 9.65. The average Bonchev–Trinajstić information content (AvgIpc) is 2.59. The molecule has 80 valence electrons. The number of pyridine rings is 1. The van der Waals surface area contributed by atoms with Gasteiger partial charge in [0.15, 0.2) is 5.82 Å². The van der Waals surface area contributed by atoms with Crippen molar-refractivity contribution in [2.75, 3.05) is 0 Å². The number of aryl methyl sites for hydroxylation is 2. The van der Waals surface area contributed by atoms with Crippen molar-refractivity contribution in [1.82, 2.24) is 14.8 Å². The number of hydrogen-bond donors (Lipinski definition) is 0. The molecule has 16 heavy (non-hydrogen) atoms. The first-order chi connectivity index (χ1) is 7.61. The van der Waals surface area contributed by atoms with Crippen molar-refractivity contribution < 1.29 is 0 Å². The van der Waals surface area contributed by atoms with Crippen molar-refractivity contribution in [3.63, 3.8) is 0 Å². The molecule has 0 aliphatic carbocycles. The third kappa shape index (κ3) is 1.77. The van der Waals surface area contributed by atoms with Crippen LogP contribution in [0.5, 0.6) is 0 Å². The van der Waals surface area contributed by atoms with E-state index in [4.69, 9.17) is 16.9 Å². The van der Waals surface area contributed by atoms with Crippen LogP contribution in [0.1, 0.15) is 17.0 Å². The number of rotatable bonds is 1. The lowest BCUT2D eigenvalue weighted by Crippen LogP contribution is -2.02. The second kappa shape index (κ2) is 3.95. The minimum atomic E-state index is 0.477. The zero-order chi connectivity index (χ0) is 11.7. The molecule has 0 fully saturated rings. The van der Waals surface area contributed by atoms with E-state index < -0.39 is 0 Å². The van der Waals surface area contributed by atoms with Crippen LogP contribution in [0.3, 0.4) is 0 Å². The molecule has 0 bridgehead atoms. The van der Waals surface area contributed by atoms with Gasteiger partial charge in [0.2, 0.25) is 0 Å². The SMILES string of the molecule is Cc1ccc(C#N)c(-n2cc(Cl)c(C)n2)n1. The zero-order valence-electron chi connectivity index (χ0n) is 8.90. The third-order valence-corrected chi connectivity index (χ3v) is 2.56. The van der Waals surface area contributed by atoms with Crippen molar-refractivity contribution in [3.8, 4) is 11.9 Å². The lowest BCUT2D eigenvalue weighted by atomic mass is 10.2. The van der Waals surface area contributed by atoms with Crippen LogP contribution in [-0.2, 0) is 0 Å². The maximum Gasteiger partial charge on any atom is 0.171 e. The Labute approximate surface area is 98.1 Å². The summed E-state index contributed by atoms with van der Waals surface area (Å²) >= 11 is 5.92. The summed E-state index contributed by atoms with van der Waals surface area (Å²) in [6, 6.07) is 5.60. The van der Waals surface area contributed by atoms with Gasteiger partial charge < -0.3 is 0 Å². The van der Waals surface area contributed by atoms with Gasteiger partial charge in [-0.05, 0) is 26.0 Å². The standard InChI is InChI=1S/C11H9ClN4/c1-7-3-4-9(5-13)11(14-7)16-6-10(12)8(2)15-16/h3-4,6H,1-2H3. The predicted octanol–water partition coefficient (Wildman–Crippen LogP) is 2.41. The molecule has 2 aromatic rings. The van der Waals surface area contributed by atoms with Crippen molar-refractivity contribution in [1.29, 1.82) is 5.26 Å². The van der Waals surface area contributed by atoms with Gasteiger partial charge in [0, 0.05) is 5.69 Å². The van der Waals surface area contributed by atoms with Crippen LogP contribution in [-0.4, -0.2) is 14.8 Å². The fourth-order valence-electron chi connectivity index (χ4n) is 1.35. The van der Waals surface area contributed by atoms with Crippen LogP contribution in [0.4, 0.5) is 0 Å². The molecule has 0 unspecified atom stereocenters. The van der Waals surface area contributed by atoms with Gasteiger partial charge in [-0.2, -0.15) is 10.4 Å². The largest absolute Gasteiger partial charge is 0.233 e. The van der Waals surface area contributed by atoms with Gasteiger partial charge in [-0.1, -0.05) is 11.6 Å². The minimum Gasteiger partial charge on any atom is -0.233 e. The van der Waals surface area contributed by atoms with Gasteiger partial charge >= 0.3 is 0 Å². The molecular weight excluding hydrogens is 224 g/mol. The Morgan fingerprint density at radius 3 is 2.69 bits per heavy atom. The molecule has 0 saturated heterocycles. The average molecular weight is 233 g/mol. The summed E-state index contributed by atoms with van der Waals surface area (Å²) in [5, 5.41) is 13.7. The Morgan fingerprint density at radius 2 is 2.12 bits per heavy atom. The van der Waals surface area contributed by atoms with E-state index in [-0.39, 0.29) is 0 Å². The molecule has 0 aromatic carbocycles. The quantitative estimate of drug-likeness (QED) is 0.759. The second-order valence-electron chi connectivity index (χ2n) is 3.44. The summed E-state index contributed by atoms with van der Waals surface area (Å²) < 4.78 is 1.53. The van der Waals surface area contributed by atoms with Gasteiger partial charge in [0.05, 0.1) is 22.5 Å². The van der Waals surface area contributed by atoms with Crippen molar-refractivity contribution in [2.24, 2.45) is 0 Å². The van der Waals surface area contributed by atoms with Crippen LogP contribution < -0.4 is 0 Å². The molecule has 0 aliphatic rings. The fourth-order valence-corrected chi connectivity index (χ4v) is 1.48. The third-order valence-electron chi connectivity index (χ3n) is 2.19. The molecule has 2 heterocycles. The maximum absolute atomic E-state index is 8.98. The molecular formula is C11H9ClN4. The Balaban J connectivity index is 2.63. The molecule has 4 nitrogen and oxygen atoms in total. The van der Waals surface area contributed by atoms with Gasteiger partial charge in [0.1, 0.15) is 6.07 Å². The highest BCUT2D eigenvalue weighted by atomic mass is 35.5. The molecule has 0 saturated carbocycles. The predicted molar refractivity (Wildman–Crippen MR) is 60.6 cm³/mol. The smallest absolute Gasteiger partial charge is 0.171 e. The Bertz CT molecular complexity index is 561. The van der Waals surface area contributed by atoms with Gasteiger partial charge in [-0.15, -0.1) is 0 Å². The Morgan fingerprint density at radius 1 is 1.38 bits per heavy atom. The van der Waals surface area contributed by atoms with Crippen LogP contribution in [0.25, 0.3) is 5.82 Å². The summed E-state index contributed by atoms with van der Waals surface area (Å²) in [5.41, 5.74) is 2.02. The number of halogens is 1. The minimum absolute atomic E-state index is 0.477. The van der Waals surface area contributed by atoms with E-state index in [1.54, 1.807) is 25.3 Å². The normalized spacial score (nSPS) is 10.1. The Hall–Kier alpha value is -1.86. The highest BCUT2D eigenvalue weighted by molar-refractivity contribution is 6.31. The molecule has 0 spiro atoms. The molecule has 5 heteroatoms. The highest BCUT2D eigenvalue weighted by Crippen LogP contribution is 2.17. The van der Waals surface area contributed by atoms with E-state index in [0.29, 0.717) is 22.1 Å². The summed E-state index contributed by atoms with van der Waals surface area (Å²) in [4.78, 5) is 4.29. The molecule has 0 aliphatic heterocycles. The topological polar surface area (TPSA) is 54.5 Å². The van der Waals surface area contributed by atoms with Gasteiger partial charge in [-0.25, -0.2) is 9.67 Å². The van der Waals surface area contributed by atoms with E-state index in [9.17, 15) is 0 Å². The summed E-state index contributed by atoms with van der Waals surface area (Å²) in [6.45, 7) is 3.67. The molecule has 2 rings (SSSR count). The highest BCUT2D eigenvalue weighted by Gasteiger charge is 2.09. The van der Waals surface area contributed by atoms with E-state index in [1.807, 2.05) is 6.92 Å². The van der Waals surface area contributed by atoms with Crippen LogP contribution in [0, 0.1) is 25.2 Å².